The van der Waals surface area contributed by atoms with E-state index in [4.69, 9.17) is 0 Å². The lowest BCUT2D eigenvalue weighted by Crippen LogP contribution is -2.14. The van der Waals surface area contributed by atoms with Crippen LogP contribution in [0.15, 0.2) is 36.4 Å². The van der Waals surface area contributed by atoms with E-state index in [2.05, 4.69) is 31.2 Å². The normalized spacial score (nSPS) is 27.6. The van der Waals surface area contributed by atoms with Crippen molar-refractivity contribution in [2.75, 3.05) is 0 Å². The molecular formula is C28H41F3. The van der Waals surface area contributed by atoms with E-state index < -0.39 is 6.18 Å². The van der Waals surface area contributed by atoms with Crippen molar-refractivity contribution in [3.05, 3.63) is 47.5 Å². The van der Waals surface area contributed by atoms with Crippen LogP contribution >= 0.6 is 0 Å². The summed E-state index contributed by atoms with van der Waals surface area (Å²) in [6.07, 6.45) is 15.1. The molecule has 0 unspecified atom stereocenters. The van der Waals surface area contributed by atoms with Gasteiger partial charge in [-0.05, 0) is 86.2 Å². The molecule has 2 saturated carbocycles. The maximum Gasteiger partial charge on any atom is 0.409 e. The summed E-state index contributed by atoms with van der Waals surface area (Å²) in [5.74, 6) is 2.25. The third-order valence-corrected chi connectivity index (χ3v) is 7.77. The van der Waals surface area contributed by atoms with E-state index in [1.165, 1.54) is 81.4 Å². The van der Waals surface area contributed by atoms with E-state index in [9.17, 15) is 13.2 Å². The van der Waals surface area contributed by atoms with Crippen LogP contribution in [-0.2, 0) is 0 Å². The lowest BCUT2D eigenvalue weighted by atomic mass is 9.75. The number of benzene rings is 1. The van der Waals surface area contributed by atoms with Gasteiger partial charge in [-0.3, -0.25) is 0 Å². The van der Waals surface area contributed by atoms with Crippen LogP contribution in [0.4, 0.5) is 13.2 Å². The first-order valence-electron chi connectivity index (χ1n) is 12.8. The first-order chi connectivity index (χ1) is 14.9. The topological polar surface area (TPSA) is 0 Å². The smallest absolute Gasteiger partial charge is 0.167 e. The number of rotatable bonds is 9. The first-order valence-corrected chi connectivity index (χ1v) is 12.8. The molecule has 2 fully saturated rings. The van der Waals surface area contributed by atoms with Gasteiger partial charge < -0.3 is 0 Å². The van der Waals surface area contributed by atoms with Crippen molar-refractivity contribution in [1.29, 1.82) is 0 Å². The summed E-state index contributed by atoms with van der Waals surface area (Å²) in [6.45, 7) is 2.28. The van der Waals surface area contributed by atoms with Crippen LogP contribution in [0.25, 0.3) is 0 Å². The van der Waals surface area contributed by atoms with Crippen LogP contribution in [0.2, 0.25) is 0 Å². The van der Waals surface area contributed by atoms with Gasteiger partial charge in [-0.15, -0.1) is 0 Å². The molecule has 2 aliphatic carbocycles. The van der Waals surface area contributed by atoms with Crippen molar-refractivity contribution in [2.24, 2.45) is 11.8 Å². The van der Waals surface area contributed by atoms with Crippen LogP contribution in [0.5, 0.6) is 0 Å². The maximum absolute atomic E-state index is 12.4. The van der Waals surface area contributed by atoms with Crippen molar-refractivity contribution in [3.63, 3.8) is 0 Å². The quantitative estimate of drug-likeness (QED) is 0.268. The molecule has 3 heteroatoms. The average Bonchev–Trinajstić information content (AvgIpc) is 2.78. The van der Waals surface area contributed by atoms with E-state index in [1.807, 2.05) is 0 Å². The van der Waals surface area contributed by atoms with Gasteiger partial charge in [0.1, 0.15) is 0 Å². The van der Waals surface area contributed by atoms with Gasteiger partial charge in [-0.2, -0.15) is 13.2 Å². The average molecular weight is 435 g/mol. The summed E-state index contributed by atoms with van der Waals surface area (Å²) in [5, 5.41) is 0. The summed E-state index contributed by atoms with van der Waals surface area (Å²) in [4.78, 5) is 0. The zero-order valence-electron chi connectivity index (χ0n) is 19.3. The molecule has 0 N–H and O–H groups in total. The van der Waals surface area contributed by atoms with Crippen molar-refractivity contribution in [1.82, 2.24) is 0 Å². The molecule has 0 atom stereocenters. The molecule has 0 amide bonds. The number of unbranched alkanes of at least 4 members (excludes halogenated alkanes) is 4. The predicted molar refractivity (Wildman–Crippen MR) is 124 cm³/mol. The Labute approximate surface area is 187 Å². The summed E-state index contributed by atoms with van der Waals surface area (Å²) in [7, 11) is 0. The third kappa shape index (κ3) is 8.31. The number of halogens is 3. The zero-order chi connectivity index (χ0) is 22.1. The Kier molecular flexibility index (Phi) is 9.53. The molecule has 0 spiro atoms. The molecule has 0 bridgehead atoms. The van der Waals surface area contributed by atoms with E-state index in [0.717, 1.165) is 31.6 Å². The minimum Gasteiger partial charge on any atom is -0.167 e. The molecule has 0 aliphatic heterocycles. The molecule has 174 valence electrons. The Hall–Kier alpha value is -1.25. The van der Waals surface area contributed by atoms with Crippen LogP contribution in [0.3, 0.4) is 0 Å². The van der Waals surface area contributed by atoms with Gasteiger partial charge in [0.15, 0.2) is 0 Å². The monoisotopic (exact) mass is 434 g/mol. The summed E-state index contributed by atoms with van der Waals surface area (Å²) in [5.41, 5.74) is 2.87. The Morgan fingerprint density at radius 3 is 1.77 bits per heavy atom. The van der Waals surface area contributed by atoms with Crippen LogP contribution in [0.1, 0.15) is 120 Å². The standard InChI is InChI=1S/C28H41F3/c1-2-3-4-5-6-7-22-8-12-24(13-9-22)26-16-18-27(19-17-26)25-14-10-23(11-15-25)20-21-28(29,30)31/h16-25H,2-15H2,1H3/b21-20+. The van der Waals surface area contributed by atoms with E-state index in [0.29, 0.717) is 17.9 Å². The maximum atomic E-state index is 12.4. The van der Waals surface area contributed by atoms with Crippen LogP contribution < -0.4 is 0 Å². The van der Waals surface area contributed by atoms with Gasteiger partial charge in [0.05, 0.1) is 0 Å². The van der Waals surface area contributed by atoms with Gasteiger partial charge in [-0.25, -0.2) is 0 Å². The minimum atomic E-state index is -4.18. The summed E-state index contributed by atoms with van der Waals surface area (Å²) < 4.78 is 37.1. The van der Waals surface area contributed by atoms with Crippen molar-refractivity contribution < 1.29 is 13.2 Å². The zero-order valence-corrected chi connectivity index (χ0v) is 19.3. The molecule has 0 heterocycles. The van der Waals surface area contributed by atoms with Gasteiger partial charge >= 0.3 is 6.18 Å². The van der Waals surface area contributed by atoms with Crippen molar-refractivity contribution in [2.45, 2.75) is 115 Å². The SMILES string of the molecule is CCCCCCCC1CCC(c2ccc(C3CCC(/C=C/C(F)(F)F)CC3)cc2)CC1. The first kappa shape index (κ1) is 24.4. The third-order valence-electron chi connectivity index (χ3n) is 7.77. The number of allylic oxidation sites excluding steroid dienone is 2. The summed E-state index contributed by atoms with van der Waals surface area (Å²) >= 11 is 0. The fourth-order valence-corrected chi connectivity index (χ4v) is 5.75. The fraction of sp³-hybridized carbons (Fsp3) is 0.714. The fourth-order valence-electron chi connectivity index (χ4n) is 5.75. The Balaban J connectivity index is 1.39. The second-order valence-corrected chi connectivity index (χ2v) is 10.1. The largest absolute Gasteiger partial charge is 0.409 e. The van der Waals surface area contributed by atoms with Crippen molar-refractivity contribution in [3.8, 4) is 0 Å². The molecular weight excluding hydrogens is 393 g/mol. The lowest BCUT2D eigenvalue weighted by Gasteiger charge is -2.30. The molecule has 0 aromatic heterocycles. The highest BCUT2D eigenvalue weighted by molar-refractivity contribution is 5.28. The second-order valence-electron chi connectivity index (χ2n) is 10.1. The second kappa shape index (κ2) is 12.1. The van der Waals surface area contributed by atoms with Gasteiger partial charge in [0.25, 0.3) is 0 Å². The molecule has 0 radical (unpaired) electrons. The van der Waals surface area contributed by atoms with Gasteiger partial charge in [-0.1, -0.05) is 75.8 Å². The highest BCUT2D eigenvalue weighted by Gasteiger charge is 2.26. The highest BCUT2D eigenvalue weighted by Crippen LogP contribution is 2.40. The van der Waals surface area contributed by atoms with Crippen molar-refractivity contribution >= 4 is 0 Å². The van der Waals surface area contributed by atoms with E-state index in [1.54, 1.807) is 0 Å². The molecule has 31 heavy (non-hydrogen) atoms. The van der Waals surface area contributed by atoms with E-state index >= 15 is 0 Å². The molecule has 0 nitrogen and oxygen atoms in total. The van der Waals surface area contributed by atoms with Gasteiger partial charge in [0, 0.05) is 6.08 Å². The molecule has 1 aromatic rings. The Bertz CT molecular complexity index is 642. The lowest BCUT2D eigenvalue weighted by molar-refractivity contribution is -0.0803. The highest BCUT2D eigenvalue weighted by atomic mass is 19.4. The summed E-state index contributed by atoms with van der Waals surface area (Å²) in [6, 6.07) is 9.26. The molecule has 3 rings (SSSR count). The Morgan fingerprint density at radius 1 is 0.742 bits per heavy atom. The van der Waals surface area contributed by atoms with Crippen LogP contribution in [0, 0.1) is 11.8 Å². The Morgan fingerprint density at radius 2 is 1.26 bits per heavy atom. The molecule has 0 saturated heterocycles. The number of hydrogen-bond donors (Lipinski definition) is 0. The van der Waals surface area contributed by atoms with Crippen LogP contribution in [-0.4, -0.2) is 6.18 Å². The minimum absolute atomic E-state index is 0.0824. The molecule has 1 aromatic carbocycles. The van der Waals surface area contributed by atoms with E-state index in [-0.39, 0.29) is 5.92 Å². The predicted octanol–water partition coefficient (Wildman–Crippen LogP) is 9.71. The van der Waals surface area contributed by atoms with Gasteiger partial charge in [0.2, 0.25) is 0 Å². The molecule has 2 aliphatic rings. The number of alkyl halides is 3. The number of hydrogen-bond acceptors (Lipinski definition) is 0.